The molecule has 0 aromatic carbocycles. The van der Waals surface area contributed by atoms with Gasteiger partial charge < -0.3 is 4.74 Å². The van der Waals surface area contributed by atoms with Crippen molar-refractivity contribution in [2.45, 2.75) is 53.4 Å². The minimum atomic E-state index is 0.00949. The fourth-order valence-corrected chi connectivity index (χ4v) is 2.20. The van der Waals surface area contributed by atoms with E-state index in [2.05, 4.69) is 27.7 Å². The molecule has 1 aliphatic rings. The molecule has 0 N–H and O–H groups in total. The average Bonchev–Trinajstić information content (AvgIpc) is 2.15. The van der Waals surface area contributed by atoms with Gasteiger partial charge in [0.05, 0.1) is 12.5 Å². The maximum Gasteiger partial charge on any atom is 0.309 e. The van der Waals surface area contributed by atoms with E-state index >= 15 is 0 Å². The number of carbonyl (C=O) groups is 1. The Morgan fingerprint density at radius 1 is 1.40 bits per heavy atom. The lowest BCUT2D eigenvalue weighted by Gasteiger charge is -2.35. The van der Waals surface area contributed by atoms with Gasteiger partial charge in [-0.05, 0) is 24.2 Å². The SMILES string of the molecule is CCCCC1COC(=O)C(C(C)(C)C)C1. The largest absolute Gasteiger partial charge is 0.465 e. The normalized spacial score (nSPS) is 27.6. The van der Waals surface area contributed by atoms with Gasteiger partial charge in [0.2, 0.25) is 0 Å². The molecule has 0 bridgehead atoms. The molecule has 1 saturated heterocycles. The Morgan fingerprint density at radius 3 is 2.60 bits per heavy atom. The molecule has 2 nitrogen and oxygen atoms in total. The molecule has 88 valence electrons. The standard InChI is InChI=1S/C13H24O2/c1-5-6-7-10-8-11(13(2,3)4)12(14)15-9-10/h10-11H,5-9H2,1-4H3. The van der Waals surface area contributed by atoms with Crippen LogP contribution in [0.5, 0.6) is 0 Å². The van der Waals surface area contributed by atoms with Crippen LogP contribution in [0.3, 0.4) is 0 Å². The van der Waals surface area contributed by atoms with Gasteiger partial charge in [-0.1, -0.05) is 40.5 Å². The summed E-state index contributed by atoms with van der Waals surface area (Å²) in [7, 11) is 0. The number of ether oxygens (including phenoxy) is 1. The fourth-order valence-electron chi connectivity index (χ4n) is 2.20. The van der Waals surface area contributed by atoms with E-state index in [1.165, 1.54) is 19.3 Å². The van der Waals surface area contributed by atoms with Gasteiger partial charge in [-0.2, -0.15) is 0 Å². The van der Waals surface area contributed by atoms with Gasteiger partial charge in [0.15, 0.2) is 0 Å². The summed E-state index contributed by atoms with van der Waals surface area (Å²) >= 11 is 0. The first-order valence-corrected chi connectivity index (χ1v) is 6.11. The number of esters is 1. The molecule has 15 heavy (non-hydrogen) atoms. The molecule has 0 aromatic heterocycles. The van der Waals surface area contributed by atoms with Crippen LogP contribution in [-0.2, 0) is 9.53 Å². The van der Waals surface area contributed by atoms with Crippen molar-refractivity contribution in [2.75, 3.05) is 6.61 Å². The zero-order chi connectivity index (χ0) is 11.5. The summed E-state index contributed by atoms with van der Waals surface area (Å²) in [5, 5.41) is 0. The lowest BCUT2D eigenvalue weighted by Crippen LogP contribution is -2.38. The van der Waals surface area contributed by atoms with Crippen LogP contribution in [0.15, 0.2) is 0 Å². The first-order chi connectivity index (χ1) is 6.95. The molecule has 0 amide bonds. The van der Waals surface area contributed by atoms with E-state index in [9.17, 15) is 4.79 Å². The van der Waals surface area contributed by atoms with Crippen LogP contribution in [0.4, 0.5) is 0 Å². The molecule has 0 aliphatic carbocycles. The number of rotatable bonds is 3. The third-order valence-corrected chi connectivity index (χ3v) is 3.33. The summed E-state index contributed by atoms with van der Waals surface area (Å²) in [6, 6.07) is 0. The number of cyclic esters (lactones) is 1. The molecule has 2 heteroatoms. The number of hydrogen-bond donors (Lipinski definition) is 0. The molecule has 0 aromatic rings. The van der Waals surface area contributed by atoms with E-state index in [0.29, 0.717) is 12.5 Å². The molecule has 1 aliphatic heterocycles. The summed E-state index contributed by atoms with van der Waals surface area (Å²) in [5.74, 6) is 0.690. The van der Waals surface area contributed by atoms with Crippen molar-refractivity contribution in [3.05, 3.63) is 0 Å². The Bertz CT molecular complexity index is 215. The van der Waals surface area contributed by atoms with Crippen molar-refractivity contribution in [3.8, 4) is 0 Å². The minimum Gasteiger partial charge on any atom is -0.465 e. The van der Waals surface area contributed by atoms with Crippen LogP contribution < -0.4 is 0 Å². The van der Waals surface area contributed by atoms with E-state index in [1.54, 1.807) is 0 Å². The maximum absolute atomic E-state index is 11.6. The third-order valence-electron chi connectivity index (χ3n) is 3.33. The van der Waals surface area contributed by atoms with Crippen LogP contribution in [-0.4, -0.2) is 12.6 Å². The molecule has 1 heterocycles. The van der Waals surface area contributed by atoms with Crippen molar-refractivity contribution in [1.29, 1.82) is 0 Å². The van der Waals surface area contributed by atoms with Crippen LogP contribution >= 0.6 is 0 Å². The zero-order valence-corrected chi connectivity index (χ0v) is 10.5. The van der Waals surface area contributed by atoms with E-state index in [0.717, 1.165) is 6.42 Å². The molecule has 0 radical (unpaired) electrons. The molecule has 1 fully saturated rings. The van der Waals surface area contributed by atoms with E-state index in [1.807, 2.05) is 0 Å². The van der Waals surface area contributed by atoms with Crippen LogP contribution in [0.1, 0.15) is 53.4 Å². The molecular weight excluding hydrogens is 188 g/mol. The van der Waals surface area contributed by atoms with Crippen LogP contribution in [0.2, 0.25) is 0 Å². The smallest absolute Gasteiger partial charge is 0.309 e. The average molecular weight is 212 g/mol. The predicted molar refractivity (Wildman–Crippen MR) is 61.5 cm³/mol. The highest BCUT2D eigenvalue weighted by Crippen LogP contribution is 2.36. The second-order valence-corrected chi connectivity index (χ2v) is 5.79. The van der Waals surface area contributed by atoms with Crippen molar-refractivity contribution >= 4 is 5.97 Å². The Kier molecular flexibility index (Phi) is 4.18. The van der Waals surface area contributed by atoms with E-state index in [4.69, 9.17) is 4.74 Å². The fraction of sp³-hybridized carbons (Fsp3) is 0.923. The van der Waals surface area contributed by atoms with Crippen molar-refractivity contribution < 1.29 is 9.53 Å². The third kappa shape index (κ3) is 3.51. The summed E-state index contributed by atoms with van der Waals surface area (Å²) in [4.78, 5) is 11.6. The van der Waals surface area contributed by atoms with Crippen molar-refractivity contribution in [3.63, 3.8) is 0 Å². The number of unbranched alkanes of at least 4 members (excludes halogenated alkanes) is 1. The number of hydrogen-bond acceptors (Lipinski definition) is 2. The summed E-state index contributed by atoms with van der Waals surface area (Å²) in [6.07, 6.45) is 4.70. The van der Waals surface area contributed by atoms with Gasteiger partial charge in [-0.15, -0.1) is 0 Å². The van der Waals surface area contributed by atoms with Crippen LogP contribution in [0.25, 0.3) is 0 Å². The molecule has 2 atom stereocenters. The molecule has 0 spiro atoms. The monoisotopic (exact) mass is 212 g/mol. The first-order valence-electron chi connectivity index (χ1n) is 6.11. The van der Waals surface area contributed by atoms with Gasteiger partial charge in [0.25, 0.3) is 0 Å². The Balaban J connectivity index is 2.52. The van der Waals surface area contributed by atoms with E-state index in [-0.39, 0.29) is 17.3 Å². The highest BCUT2D eigenvalue weighted by molar-refractivity contribution is 5.74. The Morgan fingerprint density at radius 2 is 2.07 bits per heavy atom. The van der Waals surface area contributed by atoms with Gasteiger partial charge in [0.1, 0.15) is 0 Å². The van der Waals surface area contributed by atoms with Gasteiger partial charge in [-0.25, -0.2) is 0 Å². The first kappa shape index (κ1) is 12.5. The highest BCUT2D eigenvalue weighted by Gasteiger charge is 2.37. The molecule has 1 rings (SSSR count). The lowest BCUT2D eigenvalue weighted by molar-refractivity contribution is -0.161. The lowest BCUT2D eigenvalue weighted by atomic mass is 9.74. The zero-order valence-electron chi connectivity index (χ0n) is 10.5. The minimum absolute atomic E-state index is 0.00949. The second kappa shape index (κ2) is 5.00. The molecule has 2 unspecified atom stereocenters. The summed E-state index contributed by atoms with van der Waals surface area (Å²) < 4.78 is 5.29. The molecule has 0 saturated carbocycles. The Hall–Kier alpha value is -0.530. The highest BCUT2D eigenvalue weighted by atomic mass is 16.5. The maximum atomic E-state index is 11.6. The number of carbonyl (C=O) groups excluding carboxylic acids is 1. The van der Waals surface area contributed by atoms with Crippen molar-refractivity contribution in [1.82, 2.24) is 0 Å². The quantitative estimate of drug-likeness (QED) is 0.670. The summed E-state index contributed by atoms with van der Waals surface area (Å²) in [5.41, 5.74) is 0.0436. The molecular formula is C13H24O2. The van der Waals surface area contributed by atoms with Gasteiger partial charge in [0, 0.05) is 0 Å². The predicted octanol–water partition coefficient (Wildman–Crippen LogP) is 3.40. The van der Waals surface area contributed by atoms with Gasteiger partial charge >= 0.3 is 5.97 Å². The van der Waals surface area contributed by atoms with Crippen LogP contribution in [0, 0.1) is 17.3 Å². The Labute approximate surface area is 93.4 Å². The second-order valence-electron chi connectivity index (χ2n) is 5.79. The topological polar surface area (TPSA) is 26.3 Å². The van der Waals surface area contributed by atoms with E-state index < -0.39 is 0 Å². The summed E-state index contributed by atoms with van der Waals surface area (Å²) in [6.45, 7) is 9.23. The van der Waals surface area contributed by atoms with Gasteiger partial charge in [-0.3, -0.25) is 4.79 Å². The van der Waals surface area contributed by atoms with Crippen molar-refractivity contribution in [2.24, 2.45) is 17.3 Å².